The number of hydrogen-bond acceptors (Lipinski definition) is 2. The van der Waals surface area contributed by atoms with E-state index in [2.05, 4.69) is 23.7 Å². The van der Waals surface area contributed by atoms with E-state index in [1.54, 1.807) is 0 Å². The number of amides is 1. The quantitative estimate of drug-likeness (QED) is 0.731. The van der Waals surface area contributed by atoms with Crippen molar-refractivity contribution in [1.82, 2.24) is 9.88 Å². The molecule has 2 aromatic rings. The van der Waals surface area contributed by atoms with Crippen molar-refractivity contribution >= 4 is 5.91 Å². The first-order chi connectivity index (χ1) is 14.5. The van der Waals surface area contributed by atoms with Crippen LogP contribution in [0, 0.1) is 19.7 Å². The van der Waals surface area contributed by atoms with Gasteiger partial charge in [-0.1, -0.05) is 31.4 Å². The maximum atomic E-state index is 13.5. The summed E-state index contributed by atoms with van der Waals surface area (Å²) in [6.45, 7) is 6.03. The van der Waals surface area contributed by atoms with Crippen LogP contribution >= 0.6 is 0 Å². The van der Waals surface area contributed by atoms with Crippen LogP contribution in [0.1, 0.15) is 78.3 Å². The van der Waals surface area contributed by atoms with E-state index < -0.39 is 0 Å². The predicted octanol–water partition coefficient (Wildman–Crippen LogP) is 5.23. The minimum Gasteiger partial charge on any atom is -0.381 e. The van der Waals surface area contributed by atoms with E-state index in [1.165, 1.54) is 49.9 Å². The average Bonchev–Trinajstić information content (AvgIpc) is 3.07. The first-order valence-electron chi connectivity index (χ1n) is 11.3. The van der Waals surface area contributed by atoms with Crippen LogP contribution in [0.5, 0.6) is 0 Å². The molecule has 1 aromatic carbocycles. The molecule has 4 rings (SSSR count). The molecule has 162 valence electrons. The van der Waals surface area contributed by atoms with Gasteiger partial charge in [-0.15, -0.1) is 0 Å². The smallest absolute Gasteiger partial charge is 0.253 e. The third-order valence-corrected chi connectivity index (χ3v) is 7.16. The average molecular weight is 413 g/mol. The first kappa shape index (κ1) is 21.1. The largest absolute Gasteiger partial charge is 0.381 e. The number of aromatic nitrogens is 1. The molecule has 0 radical (unpaired) electrons. The number of rotatable bonds is 5. The Morgan fingerprint density at radius 3 is 2.47 bits per heavy atom. The van der Waals surface area contributed by atoms with E-state index in [9.17, 15) is 9.18 Å². The molecule has 1 amide bonds. The second-order valence-electron chi connectivity index (χ2n) is 9.03. The van der Waals surface area contributed by atoms with Gasteiger partial charge >= 0.3 is 0 Å². The zero-order valence-corrected chi connectivity index (χ0v) is 18.2. The van der Waals surface area contributed by atoms with Crippen molar-refractivity contribution in [2.75, 3.05) is 19.8 Å². The summed E-state index contributed by atoms with van der Waals surface area (Å²) < 4.78 is 21.4. The van der Waals surface area contributed by atoms with E-state index in [-0.39, 0.29) is 17.1 Å². The summed E-state index contributed by atoms with van der Waals surface area (Å²) in [4.78, 5) is 13.2. The number of nitrogens with one attached hydrogen (secondary N) is 1. The second-order valence-corrected chi connectivity index (χ2v) is 9.03. The van der Waals surface area contributed by atoms with Gasteiger partial charge in [0, 0.05) is 42.6 Å². The monoisotopic (exact) mass is 412 g/mol. The lowest BCUT2D eigenvalue weighted by atomic mass is 9.74. The highest BCUT2D eigenvalue weighted by Crippen LogP contribution is 2.35. The molecule has 4 nitrogen and oxygen atoms in total. The van der Waals surface area contributed by atoms with Crippen LogP contribution in [0.4, 0.5) is 4.39 Å². The summed E-state index contributed by atoms with van der Waals surface area (Å²) in [6.07, 6.45) is 7.89. The molecule has 0 atom stereocenters. The molecule has 0 spiro atoms. The van der Waals surface area contributed by atoms with Crippen LogP contribution in [0.2, 0.25) is 0 Å². The van der Waals surface area contributed by atoms with Crippen molar-refractivity contribution in [3.05, 3.63) is 58.7 Å². The number of hydrogen-bond donors (Lipinski definition) is 1. The summed E-state index contributed by atoms with van der Waals surface area (Å²) in [5, 5.41) is 3.21. The van der Waals surface area contributed by atoms with E-state index >= 15 is 0 Å². The Labute approximate surface area is 178 Å². The van der Waals surface area contributed by atoms with Gasteiger partial charge < -0.3 is 14.6 Å². The summed E-state index contributed by atoms with van der Waals surface area (Å²) in [6, 6.07) is 9.26. The van der Waals surface area contributed by atoms with E-state index in [4.69, 9.17) is 4.74 Å². The van der Waals surface area contributed by atoms with Gasteiger partial charge in [-0.05, 0) is 63.3 Å². The van der Waals surface area contributed by atoms with Gasteiger partial charge in [-0.2, -0.15) is 0 Å². The van der Waals surface area contributed by atoms with Crippen LogP contribution in [-0.2, 0) is 10.2 Å². The van der Waals surface area contributed by atoms with E-state index in [0.717, 1.165) is 29.7 Å². The molecular weight excluding hydrogens is 379 g/mol. The second kappa shape index (κ2) is 8.93. The van der Waals surface area contributed by atoms with Crippen LogP contribution in [0.25, 0.3) is 0 Å². The number of benzene rings is 1. The fourth-order valence-electron chi connectivity index (χ4n) is 5.39. The van der Waals surface area contributed by atoms with Gasteiger partial charge in [0.05, 0.1) is 5.56 Å². The highest BCUT2D eigenvalue weighted by Gasteiger charge is 2.35. The number of carbonyl (C=O) groups excluding carboxylic acids is 1. The SMILES string of the molecule is Cc1cc(C(=O)NCC2(c3ccc(F)cc3)CCOCC2)c(C)n1C1CCCCC1. The van der Waals surface area contributed by atoms with E-state index in [0.29, 0.717) is 25.8 Å². The minimum absolute atomic E-state index is 0.0156. The van der Waals surface area contributed by atoms with Gasteiger partial charge in [0.25, 0.3) is 5.91 Å². The lowest BCUT2D eigenvalue weighted by molar-refractivity contribution is 0.0487. The molecule has 1 saturated heterocycles. The molecule has 1 aliphatic heterocycles. The molecule has 0 unspecified atom stereocenters. The predicted molar refractivity (Wildman–Crippen MR) is 116 cm³/mol. The van der Waals surface area contributed by atoms with Crippen molar-refractivity contribution < 1.29 is 13.9 Å². The fraction of sp³-hybridized carbons (Fsp3) is 0.560. The summed E-state index contributed by atoms with van der Waals surface area (Å²) >= 11 is 0. The van der Waals surface area contributed by atoms with Crippen LogP contribution in [0.3, 0.4) is 0 Å². The normalized spacial score (nSPS) is 19.6. The first-order valence-corrected chi connectivity index (χ1v) is 11.3. The maximum Gasteiger partial charge on any atom is 0.253 e. The minimum atomic E-state index is -0.236. The number of ether oxygens (including phenoxy) is 1. The number of carbonyl (C=O) groups is 1. The summed E-state index contributed by atoms with van der Waals surface area (Å²) in [7, 11) is 0. The Bertz CT molecular complexity index is 875. The van der Waals surface area contributed by atoms with Crippen molar-refractivity contribution in [2.24, 2.45) is 0 Å². The third kappa shape index (κ3) is 4.18. The van der Waals surface area contributed by atoms with Crippen LogP contribution in [-0.4, -0.2) is 30.2 Å². The molecule has 2 aliphatic rings. The zero-order valence-electron chi connectivity index (χ0n) is 18.2. The van der Waals surface area contributed by atoms with Crippen molar-refractivity contribution in [2.45, 2.75) is 70.3 Å². The van der Waals surface area contributed by atoms with Gasteiger partial charge in [0.15, 0.2) is 0 Å². The number of nitrogens with zero attached hydrogens (tertiary/aromatic N) is 1. The van der Waals surface area contributed by atoms with Crippen molar-refractivity contribution in [3.63, 3.8) is 0 Å². The lowest BCUT2D eigenvalue weighted by Crippen LogP contribution is -2.44. The Balaban J connectivity index is 1.52. The van der Waals surface area contributed by atoms with Gasteiger partial charge in [0.1, 0.15) is 5.82 Å². The van der Waals surface area contributed by atoms with E-state index in [1.807, 2.05) is 18.2 Å². The Kier molecular flexibility index (Phi) is 6.28. The van der Waals surface area contributed by atoms with Gasteiger partial charge in [-0.25, -0.2) is 4.39 Å². The zero-order chi connectivity index (χ0) is 21.1. The molecule has 1 aliphatic carbocycles. The van der Waals surface area contributed by atoms with Crippen molar-refractivity contribution in [3.8, 4) is 0 Å². The Morgan fingerprint density at radius 1 is 1.13 bits per heavy atom. The van der Waals surface area contributed by atoms with Crippen LogP contribution < -0.4 is 5.32 Å². The number of halogens is 1. The molecule has 1 aromatic heterocycles. The fourth-order valence-corrected chi connectivity index (χ4v) is 5.39. The summed E-state index contributed by atoms with van der Waals surface area (Å²) in [5.41, 5.74) is 3.87. The topological polar surface area (TPSA) is 43.3 Å². The highest BCUT2D eigenvalue weighted by molar-refractivity contribution is 5.95. The molecule has 5 heteroatoms. The van der Waals surface area contributed by atoms with Crippen molar-refractivity contribution in [1.29, 1.82) is 0 Å². The third-order valence-electron chi connectivity index (χ3n) is 7.16. The number of aryl methyl sites for hydroxylation is 1. The molecule has 2 fully saturated rings. The molecule has 2 heterocycles. The van der Waals surface area contributed by atoms with Gasteiger partial charge in [0.2, 0.25) is 0 Å². The Morgan fingerprint density at radius 2 is 1.80 bits per heavy atom. The lowest BCUT2D eigenvalue weighted by Gasteiger charge is -2.38. The van der Waals surface area contributed by atoms with Gasteiger partial charge in [-0.3, -0.25) is 4.79 Å². The highest BCUT2D eigenvalue weighted by atomic mass is 19.1. The maximum absolute atomic E-state index is 13.5. The summed E-state index contributed by atoms with van der Waals surface area (Å²) in [5.74, 6) is -0.252. The molecular formula is C25H33FN2O2. The molecule has 30 heavy (non-hydrogen) atoms. The van der Waals surface area contributed by atoms with Crippen LogP contribution in [0.15, 0.2) is 30.3 Å². The molecule has 1 N–H and O–H groups in total. The standard InChI is InChI=1S/C25H33FN2O2/c1-18-16-23(19(2)28(18)22-6-4-3-5-7-22)24(29)27-17-25(12-14-30-15-13-25)20-8-10-21(26)11-9-20/h8-11,16,22H,3-7,12-15,17H2,1-2H3,(H,27,29). The molecule has 1 saturated carbocycles. The Hall–Kier alpha value is -2.14. The molecule has 0 bridgehead atoms.